The third kappa shape index (κ3) is 4.43. The minimum absolute atomic E-state index is 0.0353. The van der Waals surface area contributed by atoms with Crippen molar-refractivity contribution in [2.75, 3.05) is 26.7 Å². The van der Waals surface area contributed by atoms with Gasteiger partial charge in [-0.2, -0.15) is 0 Å². The van der Waals surface area contributed by atoms with Gasteiger partial charge in [-0.1, -0.05) is 29.8 Å². The molecule has 0 saturated carbocycles. The van der Waals surface area contributed by atoms with Gasteiger partial charge in [0.2, 0.25) is 0 Å². The van der Waals surface area contributed by atoms with Gasteiger partial charge in [0.15, 0.2) is 0 Å². The summed E-state index contributed by atoms with van der Waals surface area (Å²) < 4.78 is 5.68. The molecule has 2 aliphatic rings. The van der Waals surface area contributed by atoms with Crippen LogP contribution in [0.15, 0.2) is 48.8 Å². The van der Waals surface area contributed by atoms with Crippen LogP contribution in [0.3, 0.4) is 0 Å². The number of urea groups is 1. The number of hydrogen-bond acceptors (Lipinski definition) is 4. The number of piperidine rings is 1. The van der Waals surface area contributed by atoms with Crippen LogP contribution in [0.4, 0.5) is 4.79 Å². The number of nitrogens with one attached hydrogen (secondary N) is 1. The number of likely N-dealkylation sites (tertiary alicyclic amines) is 2. The standard InChI is InChI=1S/C23H30N4O2/c1-17-3-5-18(6-4-17)15-25-23(28)26-13-9-20(10-14-26)27-16-21(29-2)22(27)19-7-11-24-12-8-19/h3-8,11-12,20-22H,9-10,13-16H2,1-2H3,(H,25,28). The van der Waals surface area contributed by atoms with E-state index in [-0.39, 0.29) is 18.2 Å². The fraction of sp³-hybridized carbons (Fsp3) is 0.478. The van der Waals surface area contributed by atoms with Crippen molar-refractivity contribution < 1.29 is 9.53 Å². The topological polar surface area (TPSA) is 57.7 Å². The van der Waals surface area contributed by atoms with Crippen molar-refractivity contribution in [1.29, 1.82) is 0 Å². The van der Waals surface area contributed by atoms with Gasteiger partial charge >= 0.3 is 6.03 Å². The van der Waals surface area contributed by atoms with Crippen LogP contribution in [0.2, 0.25) is 0 Å². The molecule has 2 aliphatic heterocycles. The number of benzene rings is 1. The number of amides is 2. The largest absolute Gasteiger partial charge is 0.378 e. The molecule has 1 N–H and O–H groups in total. The molecule has 0 radical (unpaired) electrons. The number of nitrogens with zero attached hydrogens (tertiary/aromatic N) is 3. The highest BCUT2D eigenvalue weighted by atomic mass is 16.5. The molecule has 6 nitrogen and oxygen atoms in total. The Morgan fingerprint density at radius 1 is 1.14 bits per heavy atom. The van der Waals surface area contributed by atoms with E-state index in [9.17, 15) is 4.79 Å². The second kappa shape index (κ2) is 8.93. The molecule has 2 amide bonds. The zero-order valence-electron chi connectivity index (χ0n) is 17.3. The Hall–Kier alpha value is -2.44. The Morgan fingerprint density at radius 3 is 2.48 bits per heavy atom. The number of aryl methyl sites for hydroxylation is 1. The van der Waals surface area contributed by atoms with Crippen molar-refractivity contribution in [2.24, 2.45) is 0 Å². The highest BCUT2D eigenvalue weighted by Crippen LogP contribution is 2.39. The number of carbonyl (C=O) groups is 1. The molecule has 2 aromatic rings. The lowest BCUT2D eigenvalue weighted by Crippen LogP contribution is -2.60. The average molecular weight is 395 g/mol. The minimum Gasteiger partial charge on any atom is -0.378 e. The molecule has 6 heteroatoms. The van der Waals surface area contributed by atoms with Crippen LogP contribution in [-0.2, 0) is 11.3 Å². The highest BCUT2D eigenvalue weighted by molar-refractivity contribution is 5.74. The van der Waals surface area contributed by atoms with Crippen molar-refractivity contribution in [1.82, 2.24) is 20.1 Å². The molecule has 29 heavy (non-hydrogen) atoms. The van der Waals surface area contributed by atoms with Crippen LogP contribution in [0.1, 0.15) is 35.6 Å². The van der Waals surface area contributed by atoms with E-state index in [0.29, 0.717) is 12.6 Å². The van der Waals surface area contributed by atoms with Crippen molar-refractivity contribution in [3.63, 3.8) is 0 Å². The minimum atomic E-state index is 0.0353. The molecule has 0 spiro atoms. The molecule has 4 rings (SSSR count). The third-order valence-corrected chi connectivity index (χ3v) is 6.24. The molecule has 2 saturated heterocycles. The molecule has 154 valence electrons. The number of hydrogen-bond donors (Lipinski definition) is 1. The maximum atomic E-state index is 12.6. The van der Waals surface area contributed by atoms with Gasteiger partial charge in [0, 0.05) is 51.7 Å². The Morgan fingerprint density at radius 2 is 1.83 bits per heavy atom. The fourth-order valence-electron chi connectivity index (χ4n) is 4.44. The molecule has 2 unspecified atom stereocenters. The molecule has 1 aromatic heterocycles. The summed E-state index contributed by atoms with van der Waals surface area (Å²) >= 11 is 0. The van der Waals surface area contributed by atoms with E-state index < -0.39 is 0 Å². The quantitative estimate of drug-likeness (QED) is 0.847. The zero-order chi connectivity index (χ0) is 20.2. The Labute approximate surface area is 172 Å². The van der Waals surface area contributed by atoms with Gasteiger partial charge in [-0.05, 0) is 43.0 Å². The number of ether oxygens (including phenoxy) is 1. The van der Waals surface area contributed by atoms with Gasteiger partial charge < -0.3 is 15.0 Å². The van der Waals surface area contributed by atoms with Crippen molar-refractivity contribution in [3.8, 4) is 0 Å². The van der Waals surface area contributed by atoms with E-state index in [1.807, 2.05) is 17.3 Å². The van der Waals surface area contributed by atoms with Gasteiger partial charge in [0.05, 0.1) is 12.1 Å². The van der Waals surface area contributed by atoms with Crippen LogP contribution >= 0.6 is 0 Å². The van der Waals surface area contributed by atoms with Gasteiger partial charge in [-0.3, -0.25) is 9.88 Å². The molecular weight excluding hydrogens is 364 g/mol. The maximum absolute atomic E-state index is 12.6. The smallest absolute Gasteiger partial charge is 0.317 e. The van der Waals surface area contributed by atoms with Crippen LogP contribution in [-0.4, -0.2) is 59.7 Å². The maximum Gasteiger partial charge on any atom is 0.317 e. The van der Waals surface area contributed by atoms with Crippen LogP contribution in [0, 0.1) is 6.92 Å². The summed E-state index contributed by atoms with van der Waals surface area (Å²) in [5.41, 5.74) is 3.62. The van der Waals surface area contributed by atoms with Crippen molar-refractivity contribution in [2.45, 2.75) is 44.5 Å². The number of carbonyl (C=O) groups excluding carboxylic acids is 1. The van der Waals surface area contributed by atoms with E-state index in [1.54, 1.807) is 7.11 Å². The normalized spacial score (nSPS) is 22.9. The van der Waals surface area contributed by atoms with Crippen LogP contribution in [0.5, 0.6) is 0 Å². The second-order valence-corrected chi connectivity index (χ2v) is 8.06. The summed E-state index contributed by atoms with van der Waals surface area (Å²) in [4.78, 5) is 21.2. The van der Waals surface area contributed by atoms with E-state index in [2.05, 4.69) is 58.5 Å². The summed E-state index contributed by atoms with van der Waals surface area (Å²) in [6, 6.07) is 13.3. The number of aromatic nitrogens is 1. The van der Waals surface area contributed by atoms with Gasteiger partial charge in [0.25, 0.3) is 0 Å². The summed E-state index contributed by atoms with van der Waals surface area (Å²) in [5, 5.41) is 3.06. The van der Waals surface area contributed by atoms with Crippen molar-refractivity contribution in [3.05, 3.63) is 65.5 Å². The first kappa shape index (κ1) is 19.9. The molecule has 2 atom stereocenters. The first-order chi connectivity index (χ1) is 14.2. The number of pyridine rings is 1. The SMILES string of the molecule is COC1CN(C2CCN(C(=O)NCc3ccc(C)cc3)CC2)C1c1ccncc1. The van der Waals surface area contributed by atoms with E-state index in [4.69, 9.17) is 4.74 Å². The molecule has 3 heterocycles. The summed E-state index contributed by atoms with van der Waals surface area (Å²) in [6.07, 6.45) is 5.92. The lowest BCUT2D eigenvalue weighted by atomic mass is 9.87. The Balaban J connectivity index is 1.28. The van der Waals surface area contributed by atoms with Crippen molar-refractivity contribution >= 4 is 6.03 Å². The van der Waals surface area contributed by atoms with E-state index in [0.717, 1.165) is 38.0 Å². The number of methoxy groups -OCH3 is 1. The molecule has 1 aromatic carbocycles. The third-order valence-electron chi connectivity index (χ3n) is 6.24. The number of rotatable bonds is 5. The summed E-state index contributed by atoms with van der Waals surface area (Å²) in [6.45, 7) is 5.18. The molecule has 0 aliphatic carbocycles. The van der Waals surface area contributed by atoms with Crippen LogP contribution < -0.4 is 5.32 Å². The lowest BCUT2D eigenvalue weighted by Gasteiger charge is -2.53. The second-order valence-electron chi connectivity index (χ2n) is 8.06. The predicted octanol–water partition coefficient (Wildman–Crippen LogP) is 3.14. The first-order valence-electron chi connectivity index (χ1n) is 10.4. The molecular formula is C23H30N4O2. The van der Waals surface area contributed by atoms with E-state index in [1.165, 1.54) is 11.1 Å². The molecule has 0 bridgehead atoms. The van der Waals surface area contributed by atoms with Crippen LogP contribution in [0.25, 0.3) is 0 Å². The summed E-state index contributed by atoms with van der Waals surface area (Å²) in [5.74, 6) is 0. The highest BCUT2D eigenvalue weighted by Gasteiger charge is 2.44. The monoisotopic (exact) mass is 394 g/mol. The average Bonchev–Trinajstić information content (AvgIpc) is 2.74. The summed E-state index contributed by atoms with van der Waals surface area (Å²) in [7, 11) is 1.79. The zero-order valence-corrected chi connectivity index (χ0v) is 17.3. The molecule has 2 fully saturated rings. The van der Waals surface area contributed by atoms with Gasteiger partial charge in [0.1, 0.15) is 0 Å². The fourth-order valence-corrected chi connectivity index (χ4v) is 4.44. The first-order valence-corrected chi connectivity index (χ1v) is 10.4. The van der Waals surface area contributed by atoms with E-state index >= 15 is 0 Å². The van der Waals surface area contributed by atoms with Gasteiger partial charge in [-0.15, -0.1) is 0 Å². The Kier molecular flexibility index (Phi) is 6.11. The predicted molar refractivity (Wildman–Crippen MR) is 112 cm³/mol. The van der Waals surface area contributed by atoms with Gasteiger partial charge in [-0.25, -0.2) is 4.79 Å². The Bertz CT molecular complexity index is 803. The lowest BCUT2D eigenvalue weighted by molar-refractivity contribution is -0.115.